The van der Waals surface area contributed by atoms with Crippen LogP contribution in [0.15, 0.2) is 12.1 Å². The number of benzene rings is 1. The van der Waals surface area contributed by atoms with Crippen LogP contribution < -0.4 is 9.47 Å². The molecule has 1 atom stereocenters. The Hall–Kier alpha value is -1.46. The minimum absolute atomic E-state index is 0.413. The minimum Gasteiger partial charge on any atom is -0.493 e. The molecule has 0 amide bonds. The maximum atomic E-state index is 10.9. The van der Waals surface area contributed by atoms with Crippen molar-refractivity contribution in [2.75, 3.05) is 21.2 Å². The first kappa shape index (κ1) is 15.6. The van der Waals surface area contributed by atoms with Crippen LogP contribution in [0.5, 0.6) is 11.5 Å². The van der Waals surface area contributed by atoms with Crippen LogP contribution in [0, 0.1) is 0 Å². The molecule has 19 heavy (non-hydrogen) atoms. The van der Waals surface area contributed by atoms with Crippen molar-refractivity contribution in [3.63, 3.8) is 0 Å². The van der Waals surface area contributed by atoms with Crippen molar-refractivity contribution in [2.45, 2.75) is 19.6 Å². The molecule has 1 N–H and O–H groups in total. The summed E-state index contributed by atoms with van der Waals surface area (Å²) in [4.78, 5) is 12.8. The van der Waals surface area contributed by atoms with Crippen molar-refractivity contribution >= 4 is 17.6 Å². The number of rotatable bonds is 6. The highest BCUT2D eigenvalue weighted by atomic mass is 35.5. The number of hydrogen-bond donors (Lipinski definition) is 1. The molecule has 0 bridgehead atoms. The average Bonchev–Trinajstić information content (AvgIpc) is 2.30. The van der Waals surface area contributed by atoms with Gasteiger partial charge in [0, 0.05) is 23.2 Å². The SMILES string of the molecule is COc1cc(Cl)cc(CN(C)C)c1O[C@@H](C)C(=O)O. The maximum absolute atomic E-state index is 10.9. The van der Waals surface area contributed by atoms with Gasteiger partial charge in [-0.05, 0) is 27.1 Å². The van der Waals surface area contributed by atoms with Gasteiger partial charge in [-0.15, -0.1) is 0 Å². The minimum atomic E-state index is -1.03. The molecule has 1 aromatic carbocycles. The molecule has 1 aromatic rings. The fourth-order valence-corrected chi connectivity index (χ4v) is 1.82. The number of carboxylic acids is 1. The lowest BCUT2D eigenvalue weighted by Gasteiger charge is -2.20. The van der Waals surface area contributed by atoms with Crippen LogP contribution >= 0.6 is 11.6 Å². The highest BCUT2D eigenvalue weighted by Gasteiger charge is 2.19. The molecule has 1 rings (SSSR count). The lowest BCUT2D eigenvalue weighted by atomic mass is 10.1. The fraction of sp³-hybridized carbons (Fsp3) is 0.462. The first-order valence-corrected chi connectivity index (χ1v) is 6.13. The van der Waals surface area contributed by atoms with Gasteiger partial charge < -0.3 is 19.5 Å². The molecular formula is C13H18ClNO4. The third-order valence-electron chi connectivity index (χ3n) is 2.45. The van der Waals surface area contributed by atoms with Gasteiger partial charge in [0.05, 0.1) is 7.11 Å². The molecule has 0 spiro atoms. The number of halogens is 1. The number of ether oxygens (including phenoxy) is 2. The summed E-state index contributed by atoms with van der Waals surface area (Å²) in [6, 6.07) is 3.35. The zero-order chi connectivity index (χ0) is 14.6. The van der Waals surface area contributed by atoms with Gasteiger partial charge in [-0.2, -0.15) is 0 Å². The summed E-state index contributed by atoms with van der Waals surface area (Å²) in [6.45, 7) is 2.04. The van der Waals surface area contributed by atoms with E-state index in [2.05, 4.69) is 0 Å². The summed E-state index contributed by atoms with van der Waals surface area (Å²) in [5.41, 5.74) is 0.780. The van der Waals surface area contributed by atoms with E-state index in [0.717, 1.165) is 5.56 Å². The highest BCUT2D eigenvalue weighted by Crippen LogP contribution is 2.36. The fourth-order valence-electron chi connectivity index (χ4n) is 1.59. The molecule has 0 aliphatic rings. The van der Waals surface area contributed by atoms with Crippen molar-refractivity contribution in [2.24, 2.45) is 0 Å². The molecule has 0 aliphatic heterocycles. The summed E-state index contributed by atoms with van der Waals surface area (Å²) in [7, 11) is 5.29. The Labute approximate surface area is 117 Å². The van der Waals surface area contributed by atoms with Crippen LogP contribution in [0.3, 0.4) is 0 Å². The largest absolute Gasteiger partial charge is 0.493 e. The van der Waals surface area contributed by atoms with E-state index in [-0.39, 0.29) is 0 Å². The Morgan fingerprint density at radius 1 is 1.47 bits per heavy atom. The van der Waals surface area contributed by atoms with E-state index < -0.39 is 12.1 Å². The third kappa shape index (κ3) is 4.29. The van der Waals surface area contributed by atoms with Gasteiger partial charge in [-0.1, -0.05) is 11.6 Å². The second-order valence-corrected chi connectivity index (χ2v) is 4.87. The molecule has 0 aliphatic carbocycles. The number of carboxylic acid groups (broad SMARTS) is 1. The molecule has 0 fully saturated rings. The smallest absolute Gasteiger partial charge is 0.344 e. The number of methoxy groups -OCH3 is 1. The molecule has 0 heterocycles. The van der Waals surface area contributed by atoms with Crippen molar-refractivity contribution in [1.29, 1.82) is 0 Å². The van der Waals surface area contributed by atoms with E-state index in [9.17, 15) is 4.79 Å². The topological polar surface area (TPSA) is 59.0 Å². The monoisotopic (exact) mass is 287 g/mol. The Bertz CT molecular complexity index is 462. The third-order valence-corrected chi connectivity index (χ3v) is 2.66. The molecule has 0 aromatic heterocycles. The van der Waals surface area contributed by atoms with Crippen LogP contribution in [0.2, 0.25) is 5.02 Å². The van der Waals surface area contributed by atoms with E-state index in [4.69, 9.17) is 26.2 Å². The van der Waals surface area contributed by atoms with Crippen LogP contribution in [-0.4, -0.2) is 43.3 Å². The lowest BCUT2D eigenvalue weighted by Crippen LogP contribution is -2.24. The summed E-state index contributed by atoms with van der Waals surface area (Å²) < 4.78 is 10.7. The van der Waals surface area contributed by atoms with Crippen molar-refractivity contribution < 1.29 is 19.4 Å². The van der Waals surface area contributed by atoms with E-state index in [1.54, 1.807) is 12.1 Å². The molecule has 6 heteroatoms. The van der Waals surface area contributed by atoms with Crippen molar-refractivity contribution in [1.82, 2.24) is 4.90 Å². The Morgan fingerprint density at radius 2 is 2.11 bits per heavy atom. The summed E-state index contributed by atoms with van der Waals surface area (Å²) in [5, 5.41) is 9.45. The van der Waals surface area contributed by atoms with Crippen LogP contribution in [-0.2, 0) is 11.3 Å². The summed E-state index contributed by atoms with van der Waals surface area (Å²) in [5.74, 6) is -0.194. The second-order valence-electron chi connectivity index (χ2n) is 4.43. The summed E-state index contributed by atoms with van der Waals surface area (Å²) >= 11 is 6.01. The van der Waals surface area contributed by atoms with Gasteiger partial charge in [-0.3, -0.25) is 0 Å². The van der Waals surface area contributed by atoms with E-state index in [1.165, 1.54) is 14.0 Å². The molecule has 5 nitrogen and oxygen atoms in total. The predicted molar refractivity (Wildman–Crippen MR) is 73.1 cm³/mol. The number of aliphatic carboxylic acids is 1. The standard InChI is InChI=1S/C13H18ClNO4/c1-8(13(16)17)19-12-9(7-15(2)3)5-10(14)6-11(12)18-4/h5-6,8H,7H2,1-4H3,(H,16,17)/t8-/m0/s1. The Morgan fingerprint density at radius 3 is 2.58 bits per heavy atom. The van der Waals surface area contributed by atoms with E-state index >= 15 is 0 Å². The highest BCUT2D eigenvalue weighted by molar-refractivity contribution is 6.30. The van der Waals surface area contributed by atoms with Crippen molar-refractivity contribution in [3.8, 4) is 11.5 Å². The van der Waals surface area contributed by atoms with E-state index in [1.807, 2.05) is 19.0 Å². The zero-order valence-electron chi connectivity index (χ0n) is 11.4. The molecule has 0 unspecified atom stereocenters. The average molecular weight is 288 g/mol. The second kappa shape index (κ2) is 6.63. The molecule has 106 valence electrons. The van der Waals surface area contributed by atoms with Crippen LogP contribution in [0.25, 0.3) is 0 Å². The van der Waals surface area contributed by atoms with E-state index in [0.29, 0.717) is 23.1 Å². The summed E-state index contributed by atoms with van der Waals surface area (Å²) in [6.07, 6.45) is -0.962. The molecular weight excluding hydrogens is 270 g/mol. The first-order valence-electron chi connectivity index (χ1n) is 5.75. The molecule has 0 radical (unpaired) electrons. The molecule has 0 saturated carbocycles. The van der Waals surface area contributed by atoms with Crippen LogP contribution in [0.1, 0.15) is 12.5 Å². The Kier molecular flexibility index (Phi) is 5.44. The van der Waals surface area contributed by atoms with Crippen molar-refractivity contribution in [3.05, 3.63) is 22.7 Å². The van der Waals surface area contributed by atoms with Gasteiger partial charge in [0.2, 0.25) is 0 Å². The predicted octanol–water partition coefficient (Wildman–Crippen LogP) is 2.26. The van der Waals surface area contributed by atoms with Gasteiger partial charge in [-0.25, -0.2) is 4.79 Å². The van der Waals surface area contributed by atoms with Gasteiger partial charge in [0.1, 0.15) is 0 Å². The van der Waals surface area contributed by atoms with Gasteiger partial charge in [0.15, 0.2) is 17.6 Å². The maximum Gasteiger partial charge on any atom is 0.344 e. The number of carbonyl (C=O) groups is 1. The van der Waals surface area contributed by atoms with Crippen LogP contribution in [0.4, 0.5) is 0 Å². The number of hydrogen-bond acceptors (Lipinski definition) is 4. The zero-order valence-corrected chi connectivity index (χ0v) is 12.2. The lowest BCUT2D eigenvalue weighted by molar-refractivity contribution is -0.144. The Balaban J connectivity index is 3.19. The van der Waals surface area contributed by atoms with Gasteiger partial charge in [0.25, 0.3) is 0 Å². The quantitative estimate of drug-likeness (QED) is 0.870. The first-order chi connectivity index (χ1) is 8.85. The van der Waals surface area contributed by atoms with Gasteiger partial charge >= 0.3 is 5.97 Å². The molecule has 0 saturated heterocycles. The normalized spacial score (nSPS) is 12.3. The number of nitrogens with zero attached hydrogens (tertiary/aromatic N) is 1.